The van der Waals surface area contributed by atoms with Crippen LogP contribution in [0, 0.1) is 0 Å². The van der Waals surface area contributed by atoms with E-state index in [1.807, 2.05) is 75.1 Å². The molecule has 1 fully saturated rings. The Morgan fingerprint density at radius 1 is 1.09 bits per heavy atom. The van der Waals surface area contributed by atoms with Crippen LogP contribution in [0.25, 0.3) is 0 Å². The fourth-order valence-electron chi connectivity index (χ4n) is 4.01. The number of hydrogen-bond donors (Lipinski definition) is 1. The van der Waals surface area contributed by atoms with E-state index in [9.17, 15) is 9.90 Å². The Bertz CT molecular complexity index is 1010. The molecule has 0 aliphatic carbocycles. The molecule has 2 aromatic carbocycles. The van der Waals surface area contributed by atoms with E-state index in [1.165, 1.54) is 0 Å². The van der Waals surface area contributed by atoms with Crippen molar-refractivity contribution >= 4 is 24.2 Å². The number of nitrogens with zero attached hydrogens (tertiary/aromatic N) is 1. The first-order valence-corrected chi connectivity index (χ1v) is 11.6. The van der Waals surface area contributed by atoms with Crippen molar-refractivity contribution in [2.45, 2.75) is 71.2 Å². The maximum absolute atomic E-state index is 13.1. The lowest BCUT2D eigenvalue weighted by molar-refractivity contribution is -0.117. The van der Waals surface area contributed by atoms with E-state index in [4.69, 9.17) is 14.0 Å². The summed E-state index contributed by atoms with van der Waals surface area (Å²) in [4.78, 5) is 14.9. The molecule has 2 heterocycles. The molecule has 7 heteroatoms. The van der Waals surface area contributed by atoms with Crippen LogP contribution in [-0.2, 0) is 26.9 Å². The summed E-state index contributed by atoms with van der Waals surface area (Å²) >= 11 is 0. The van der Waals surface area contributed by atoms with Gasteiger partial charge in [-0.15, -0.1) is 0 Å². The van der Waals surface area contributed by atoms with Crippen molar-refractivity contribution in [1.29, 1.82) is 0 Å². The lowest BCUT2D eigenvalue weighted by atomic mass is 9.79. The summed E-state index contributed by atoms with van der Waals surface area (Å²) in [6.07, 6.45) is 1.14. The molecule has 0 unspecified atom stereocenters. The third-order valence-electron chi connectivity index (χ3n) is 6.71. The van der Waals surface area contributed by atoms with Crippen LogP contribution in [0.15, 0.2) is 42.5 Å². The van der Waals surface area contributed by atoms with Crippen molar-refractivity contribution in [1.82, 2.24) is 0 Å². The van der Waals surface area contributed by atoms with Crippen molar-refractivity contribution in [3.8, 4) is 5.75 Å². The molecule has 4 rings (SSSR count). The highest BCUT2D eigenvalue weighted by atomic mass is 16.7. The van der Waals surface area contributed by atoms with Crippen LogP contribution in [0.1, 0.15) is 52.7 Å². The fraction of sp³-hybridized carbons (Fsp3) is 0.500. The number of rotatable bonds is 6. The Kier molecular flexibility index (Phi) is 6.10. The number of fused-ring (bicyclic) bond motifs is 1. The first kappa shape index (κ1) is 23.8. The molecule has 0 saturated carbocycles. The van der Waals surface area contributed by atoms with Gasteiger partial charge in [0.05, 0.1) is 28.9 Å². The molecule has 0 aromatic heterocycles. The zero-order chi connectivity index (χ0) is 24.0. The predicted molar refractivity (Wildman–Crippen MR) is 130 cm³/mol. The first-order chi connectivity index (χ1) is 15.3. The van der Waals surface area contributed by atoms with Gasteiger partial charge in [0.25, 0.3) is 0 Å². The average molecular weight is 451 g/mol. The zero-order valence-electron chi connectivity index (χ0n) is 20.5. The topological polar surface area (TPSA) is 68.2 Å². The van der Waals surface area contributed by atoms with Gasteiger partial charge in [-0.05, 0) is 70.6 Å². The molecule has 0 atom stereocenters. The highest BCUT2D eigenvalue weighted by molar-refractivity contribution is 6.62. The molecule has 2 aliphatic heterocycles. The first-order valence-electron chi connectivity index (χ1n) is 11.6. The fourth-order valence-corrected chi connectivity index (χ4v) is 4.01. The van der Waals surface area contributed by atoms with Crippen LogP contribution < -0.4 is 15.1 Å². The summed E-state index contributed by atoms with van der Waals surface area (Å²) in [5.74, 6) is 0.708. The van der Waals surface area contributed by atoms with Crippen molar-refractivity contribution in [3.05, 3.63) is 53.6 Å². The minimum atomic E-state index is -0.916. The van der Waals surface area contributed by atoms with Gasteiger partial charge in [-0.1, -0.05) is 30.3 Å². The summed E-state index contributed by atoms with van der Waals surface area (Å²) in [5.41, 5.74) is 2.24. The Hall–Kier alpha value is -2.35. The van der Waals surface area contributed by atoms with Crippen LogP contribution in [0.2, 0.25) is 0 Å². The molecular weight excluding hydrogens is 417 g/mol. The molecule has 1 amide bonds. The number of hydrogen-bond acceptors (Lipinski definition) is 5. The van der Waals surface area contributed by atoms with Gasteiger partial charge in [-0.25, -0.2) is 0 Å². The second-order valence-electron chi connectivity index (χ2n) is 10.7. The quantitative estimate of drug-likeness (QED) is 0.683. The molecule has 0 radical (unpaired) electrons. The average Bonchev–Trinajstić information content (AvgIpc) is 3.23. The zero-order valence-corrected chi connectivity index (χ0v) is 20.5. The summed E-state index contributed by atoms with van der Waals surface area (Å²) in [5, 5.41) is 9.91. The minimum absolute atomic E-state index is 0.0526. The molecule has 0 spiro atoms. The molecule has 6 nitrogen and oxygen atoms in total. The number of ether oxygens (including phenoxy) is 1. The van der Waals surface area contributed by atoms with E-state index in [0.717, 1.165) is 28.7 Å². The van der Waals surface area contributed by atoms with Gasteiger partial charge >= 0.3 is 7.12 Å². The minimum Gasteiger partial charge on any atom is -0.491 e. The summed E-state index contributed by atoms with van der Waals surface area (Å²) < 4.78 is 18.0. The number of aliphatic hydroxyl groups is 1. The summed E-state index contributed by atoms with van der Waals surface area (Å²) in [6.45, 7) is 12.4. The normalized spacial score (nSPS) is 19.0. The standard InChI is InChI=1S/C26H34BNO5/c1-24(2,30)17-31-21-12-9-19-13-14-28(22(19)16-21)23(29)15-18-7-10-20(11-8-18)27-32-25(3,4)26(5,6)33-27/h7-12,16,30H,13-15,17H2,1-6H3. The lowest BCUT2D eigenvalue weighted by Crippen LogP contribution is -2.41. The predicted octanol–water partition coefficient (Wildman–Crippen LogP) is 3.27. The highest BCUT2D eigenvalue weighted by Crippen LogP contribution is 2.36. The van der Waals surface area contributed by atoms with Crippen LogP contribution in [0.5, 0.6) is 5.75 Å². The van der Waals surface area contributed by atoms with Crippen molar-refractivity contribution in [2.75, 3.05) is 18.1 Å². The molecule has 176 valence electrons. The lowest BCUT2D eigenvalue weighted by Gasteiger charge is -2.32. The van der Waals surface area contributed by atoms with E-state index >= 15 is 0 Å². The highest BCUT2D eigenvalue weighted by Gasteiger charge is 2.51. The van der Waals surface area contributed by atoms with E-state index in [-0.39, 0.29) is 23.7 Å². The van der Waals surface area contributed by atoms with Gasteiger partial charge in [-0.2, -0.15) is 0 Å². The molecule has 33 heavy (non-hydrogen) atoms. The molecule has 0 bridgehead atoms. The molecule has 1 saturated heterocycles. The largest absolute Gasteiger partial charge is 0.494 e. The summed E-state index contributed by atoms with van der Waals surface area (Å²) in [7, 11) is -0.410. The van der Waals surface area contributed by atoms with Crippen molar-refractivity contribution in [2.24, 2.45) is 0 Å². The van der Waals surface area contributed by atoms with Crippen LogP contribution in [0.3, 0.4) is 0 Å². The second kappa shape index (κ2) is 8.46. The van der Waals surface area contributed by atoms with Crippen LogP contribution >= 0.6 is 0 Å². The third kappa shape index (κ3) is 5.10. The van der Waals surface area contributed by atoms with E-state index in [0.29, 0.717) is 18.7 Å². The van der Waals surface area contributed by atoms with Crippen molar-refractivity contribution in [3.63, 3.8) is 0 Å². The Morgan fingerprint density at radius 3 is 2.33 bits per heavy atom. The Labute approximate surface area is 197 Å². The molecule has 2 aliphatic rings. The van der Waals surface area contributed by atoms with Gasteiger partial charge in [-0.3, -0.25) is 4.79 Å². The van der Waals surface area contributed by atoms with Gasteiger partial charge < -0.3 is 24.1 Å². The maximum Gasteiger partial charge on any atom is 0.494 e. The monoisotopic (exact) mass is 451 g/mol. The number of carbonyl (C=O) groups is 1. The van der Waals surface area contributed by atoms with E-state index in [2.05, 4.69) is 0 Å². The smallest absolute Gasteiger partial charge is 0.491 e. The molecule has 1 N–H and O–H groups in total. The van der Waals surface area contributed by atoms with Gasteiger partial charge in [0.1, 0.15) is 12.4 Å². The number of carbonyl (C=O) groups excluding carboxylic acids is 1. The number of anilines is 1. The summed E-state index contributed by atoms with van der Waals surface area (Å²) in [6, 6.07) is 13.7. The van der Waals surface area contributed by atoms with Gasteiger partial charge in [0, 0.05) is 12.6 Å². The second-order valence-corrected chi connectivity index (χ2v) is 10.7. The SMILES string of the molecule is CC(C)(O)COc1ccc2c(c1)N(C(=O)Cc1ccc(B3OC(C)(C)C(C)(C)O3)cc1)CC2. The van der Waals surface area contributed by atoms with Gasteiger partial charge in [0.15, 0.2) is 0 Å². The molecular formula is C26H34BNO5. The third-order valence-corrected chi connectivity index (χ3v) is 6.71. The van der Waals surface area contributed by atoms with Crippen molar-refractivity contribution < 1.29 is 23.9 Å². The van der Waals surface area contributed by atoms with E-state index < -0.39 is 12.7 Å². The van der Waals surface area contributed by atoms with Gasteiger partial charge in [0.2, 0.25) is 5.91 Å². The van der Waals surface area contributed by atoms with E-state index in [1.54, 1.807) is 13.8 Å². The van der Waals surface area contributed by atoms with Crippen LogP contribution in [-0.4, -0.2) is 48.1 Å². The van der Waals surface area contributed by atoms with Crippen LogP contribution in [0.4, 0.5) is 5.69 Å². The number of benzene rings is 2. The molecule has 2 aromatic rings. The number of amides is 1. The maximum atomic E-state index is 13.1. The Morgan fingerprint density at radius 2 is 1.73 bits per heavy atom. The Balaban J connectivity index is 1.42.